The summed E-state index contributed by atoms with van der Waals surface area (Å²) in [5, 5.41) is 2.52. The summed E-state index contributed by atoms with van der Waals surface area (Å²) >= 11 is 0. The number of hydrogen-bond donors (Lipinski definition) is 2. The van der Waals surface area contributed by atoms with Gasteiger partial charge in [-0.25, -0.2) is 8.78 Å². The Hall–Kier alpha value is -1.85. The number of rotatable bonds is 2. The average Bonchev–Trinajstić information content (AvgIpc) is 2.82. The molecule has 98 valence electrons. The summed E-state index contributed by atoms with van der Waals surface area (Å²) in [6, 6.07) is 1.81. The number of carbonyl (C=O) groups is 1. The Morgan fingerprint density at radius 2 is 2.22 bits per heavy atom. The van der Waals surface area contributed by atoms with E-state index in [1.807, 2.05) is 0 Å². The van der Waals surface area contributed by atoms with Crippen LogP contribution in [0.15, 0.2) is 12.1 Å². The molecule has 1 aromatic carbocycles. The van der Waals surface area contributed by atoms with E-state index in [1.165, 1.54) is 18.0 Å². The van der Waals surface area contributed by atoms with Gasteiger partial charge in [0.25, 0.3) is 0 Å². The van der Waals surface area contributed by atoms with Crippen LogP contribution in [0.25, 0.3) is 0 Å². The Morgan fingerprint density at radius 1 is 1.50 bits per heavy atom. The molecule has 1 amide bonds. The summed E-state index contributed by atoms with van der Waals surface area (Å²) in [5.74, 6) is -2.16. The molecule has 1 fully saturated rings. The van der Waals surface area contributed by atoms with Gasteiger partial charge in [-0.15, -0.1) is 0 Å². The van der Waals surface area contributed by atoms with Gasteiger partial charge in [-0.3, -0.25) is 4.79 Å². The van der Waals surface area contributed by atoms with Crippen LogP contribution in [0, 0.1) is 11.6 Å². The Bertz CT molecular complexity index is 479. The highest BCUT2D eigenvalue weighted by Crippen LogP contribution is 2.34. The Morgan fingerprint density at radius 3 is 2.89 bits per heavy atom. The number of likely N-dealkylation sites (N-methyl/N-ethyl adjacent to an activating group) is 1. The van der Waals surface area contributed by atoms with Crippen molar-refractivity contribution in [2.45, 2.75) is 18.9 Å². The lowest BCUT2D eigenvalue weighted by Crippen LogP contribution is -2.42. The summed E-state index contributed by atoms with van der Waals surface area (Å²) in [6.45, 7) is 0.489. The third-order valence-electron chi connectivity index (χ3n) is 3.19. The maximum atomic E-state index is 13.8. The van der Waals surface area contributed by atoms with Crippen molar-refractivity contribution in [3.63, 3.8) is 0 Å². The van der Waals surface area contributed by atoms with Crippen LogP contribution in [0.1, 0.15) is 12.8 Å². The van der Waals surface area contributed by atoms with Crippen LogP contribution in [-0.4, -0.2) is 25.5 Å². The van der Waals surface area contributed by atoms with Crippen LogP contribution in [0.3, 0.4) is 0 Å². The second kappa shape index (κ2) is 4.80. The van der Waals surface area contributed by atoms with Gasteiger partial charge in [-0.05, 0) is 25.0 Å². The van der Waals surface area contributed by atoms with Gasteiger partial charge in [-0.1, -0.05) is 0 Å². The summed E-state index contributed by atoms with van der Waals surface area (Å²) in [6.07, 6.45) is 1.35. The molecule has 2 rings (SSSR count). The first kappa shape index (κ1) is 12.6. The van der Waals surface area contributed by atoms with Gasteiger partial charge in [0.1, 0.15) is 11.7 Å². The molecular weight excluding hydrogens is 240 g/mol. The van der Waals surface area contributed by atoms with E-state index in [4.69, 9.17) is 5.73 Å². The molecule has 3 N–H and O–H groups in total. The molecule has 6 heteroatoms. The number of nitrogens with one attached hydrogen (secondary N) is 1. The van der Waals surface area contributed by atoms with Gasteiger partial charge < -0.3 is 16.0 Å². The zero-order valence-electron chi connectivity index (χ0n) is 10.0. The fourth-order valence-corrected chi connectivity index (χ4v) is 2.32. The fourth-order valence-electron chi connectivity index (χ4n) is 2.32. The molecule has 0 bridgehead atoms. The van der Waals surface area contributed by atoms with Crippen LogP contribution < -0.4 is 16.0 Å². The molecule has 0 aromatic heterocycles. The maximum Gasteiger partial charge on any atom is 0.242 e. The number of hydrogen-bond acceptors (Lipinski definition) is 3. The van der Waals surface area contributed by atoms with E-state index in [0.717, 1.165) is 12.5 Å². The third-order valence-corrected chi connectivity index (χ3v) is 3.19. The number of amides is 1. The monoisotopic (exact) mass is 255 g/mol. The molecule has 1 saturated heterocycles. The minimum atomic E-state index is -0.995. The Balaban J connectivity index is 2.42. The van der Waals surface area contributed by atoms with Gasteiger partial charge in [0.2, 0.25) is 5.91 Å². The third kappa shape index (κ3) is 1.98. The summed E-state index contributed by atoms with van der Waals surface area (Å²) in [4.78, 5) is 13.2. The number of nitrogens with two attached hydrogens (primary N) is 1. The average molecular weight is 255 g/mol. The molecule has 1 aliphatic heterocycles. The summed E-state index contributed by atoms with van der Waals surface area (Å²) in [7, 11) is 1.52. The predicted octanol–water partition coefficient (Wildman–Crippen LogP) is 1.26. The lowest BCUT2D eigenvalue weighted by atomic mass is 10.1. The SMILES string of the molecule is CNC(=O)C1CCCN1c1c(N)ccc(F)c1F. The van der Waals surface area contributed by atoms with Crippen LogP contribution >= 0.6 is 0 Å². The van der Waals surface area contributed by atoms with Crippen molar-refractivity contribution < 1.29 is 13.6 Å². The standard InChI is InChI=1S/C12H15F2N3O/c1-16-12(18)9-3-2-6-17(9)11-8(15)5-4-7(13)10(11)14/h4-5,9H,2-3,6,15H2,1H3,(H,16,18). The molecule has 1 heterocycles. The minimum Gasteiger partial charge on any atom is -0.397 e. The molecule has 4 nitrogen and oxygen atoms in total. The molecule has 18 heavy (non-hydrogen) atoms. The summed E-state index contributed by atoms with van der Waals surface area (Å²) < 4.78 is 27.1. The van der Waals surface area contributed by atoms with Crippen LogP contribution in [-0.2, 0) is 4.79 Å². The molecule has 1 aliphatic rings. The normalized spacial score (nSPS) is 19.1. The largest absolute Gasteiger partial charge is 0.397 e. The molecule has 1 unspecified atom stereocenters. The number of nitrogens with zero attached hydrogens (tertiary/aromatic N) is 1. The molecule has 1 atom stereocenters. The quantitative estimate of drug-likeness (QED) is 0.782. The second-order valence-electron chi connectivity index (χ2n) is 4.26. The van der Waals surface area contributed by atoms with E-state index < -0.39 is 17.7 Å². The van der Waals surface area contributed by atoms with Crippen molar-refractivity contribution in [2.75, 3.05) is 24.2 Å². The number of halogens is 2. The second-order valence-corrected chi connectivity index (χ2v) is 4.26. The molecule has 1 aromatic rings. The fraction of sp³-hybridized carbons (Fsp3) is 0.417. The lowest BCUT2D eigenvalue weighted by molar-refractivity contribution is -0.121. The molecule has 0 aliphatic carbocycles. The number of carbonyl (C=O) groups excluding carboxylic acids is 1. The Kier molecular flexibility index (Phi) is 3.36. The van der Waals surface area contributed by atoms with E-state index in [9.17, 15) is 13.6 Å². The van der Waals surface area contributed by atoms with Crippen LogP contribution in [0.2, 0.25) is 0 Å². The molecule has 0 saturated carbocycles. The topological polar surface area (TPSA) is 58.4 Å². The van der Waals surface area contributed by atoms with Crippen molar-refractivity contribution in [1.82, 2.24) is 5.32 Å². The zero-order chi connectivity index (χ0) is 13.3. The van der Waals surface area contributed by atoms with Gasteiger partial charge in [0, 0.05) is 13.6 Å². The van der Waals surface area contributed by atoms with Crippen molar-refractivity contribution in [3.05, 3.63) is 23.8 Å². The van der Waals surface area contributed by atoms with Crippen molar-refractivity contribution in [3.8, 4) is 0 Å². The Labute approximate surface area is 104 Å². The summed E-state index contributed by atoms with van der Waals surface area (Å²) in [5.41, 5.74) is 5.82. The van der Waals surface area contributed by atoms with Gasteiger partial charge in [-0.2, -0.15) is 0 Å². The lowest BCUT2D eigenvalue weighted by Gasteiger charge is -2.27. The first-order chi connectivity index (χ1) is 8.56. The molecule has 0 spiro atoms. The minimum absolute atomic E-state index is 0.0129. The van der Waals surface area contributed by atoms with E-state index >= 15 is 0 Å². The highest BCUT2D eigenvalue weighted by molar-refractivity contribution is 5.87. The van der Waals surface area contributed by atoms with Crippen molar-refractivity contribution in [2.24, 2.45) is 0 Å². The number of nitrogen functional groups attached to an aromatic ring is 1. The number of anilines is 2. The van der Waals surface area contributed by atoms with E-state index in [1.54, 1.807) is 0 Å². The smallest absolute Gasteiger partial charge is 0.242 e. The van der Waals surface area contributed by atoms with E-state index in [0.29, 0.717) is 13.0 Å². The van der Waals surface area contributed by atoms with Crippen LogP contribution in [0.5, 0.6) is 0 Å². The first-order valence-corrected chi connectivity index (χ1v) is 5.78. The van der Waals surface area contributed by atoms with Crippen molar-refractivity contribution >= 4 is 17.3 Å². The maximum absolute atomic E-state index is 13.8. The first-order valence-electron chi connectivity index (χ1n) is 5.78. The predicted molar refractivity (Wildman–Crippen MR) is 65.2 cm³/mol. The van der Waals surface area contributed by atoms with Crippen molar-refractivity contribution in [1.29, 1.82) is 0 Å². The highest BCUT2D eigenvalue weighted by Gasteiger charge is 2.33. The van der Waals surface area contributed by atoms with E-state index in [2.05, 4.69) is 5.32 Å². The highest BCUT2D eigenvalue weighted by atomic mass is 19.2. The zero-order valence-corrected chi connectivity index (χ0v) is 10.0. The van der Waals surface area contributed by atoms with Gasteiger partial charge in [0.15, 0.2) is 11.6 Å². The van der Waals surface area contributed by atoms with Gasteiger partial charge >= 0.3 is 0 Å². The molecule has 0 radical (unpaired) electrons. The number of benzene rings is 1. The van der Waals surface area contributed by atoms with Crippen LogP contribution in [0.4, 0.5) is 20.2 Å². The molecular formula is C12H15F2N3O. The van der Waals surface area contributed by atoms with E-state index in [-0.39, 0.29) is 17.3 Å². The van der Waals surface area contributed by atoms with Gasteiger partial charge in [0.05, 0.1) is 5.69 Å².